The van der Waals surface area contributed by atoms with Gasteiger partial charge in [-0.1, -0.05) is 0 Å². The molecule has 2 aliphatic heterocycles. The van der Waals surface area contributed by atoms with Crippen molar-refractivity contribution >= 4 is 11.8 Å². The number of amides is 2. The molecule has 1 saturated heterocycles. The summed E-state index contributed by atoms with van der Waals surface area (Å²) in [6.07, 6.45) is 3.55. The lowest BCUT2D eigenvalue weighted by atomic mass is 10.2. The van der Waals surface area contributed by atoms with Crippen molar-refractivity contribution in [3.63, 3.8) is 0 Å². The second kappa shape index (κ2) is 6.91. The Bertz CT molecular complexity index is 790. The van der Waals surface area contributed by atoms with Gasteiger partial charge < -0.3 is 19.7 Å². The Hall–Kier alpha value is -2.68. The van der Waals surface area contributed by atoms with Crippen LogP contribution in [0.3, 0.4) is 0 Å². The normalized spacial score (nSPS) is 18.0. The minimum Gasteiger partial charge on any atom is -0.348 e. The maximum absolute atomic E-state index is 12.7. The van der Waals surface area contributed by atoms with Gasteiger partial charge in [-0.15, -0.1) is 0 Å². The van der Waals surface area contributed by atoms with Crippen LogP contribution in [0.15, 0.2) is 18.6 Å². The van der Waals surface area contributed by atoms with Gasteiger partial charge in [0, 0.05) is 44.6 Å². The van der Waals surface area contributed by atoms with Crippen LogP contribution in [0, 0.1) is 0 Å². The fraction of sp³-hybridized carbons (Fsp3) is 0.529. The second-order valence-electron chi connectivity index (χ2n) is 6.91. The van der Waals surface area contributed by atoms with Crippen LogP contribution in [0.4, 0.5) is 0 Å². The second-order valence-corrected chi connectivity index (χ2v) is 6.91. The Morgan fingerprint density at radius 1 is 1.12 bits per heavy atom. The quantitative estimate of drug-likeness (QED) is 0.806. The van der Waals surface area contributed by atoms with E-state index >= 15 is 0 Å². The highest BCUT2D eigenvalue weighted by Crippen LogP contribution is 2.16. The summed E-state index contributed by atoms with van der Waals surface area (Å²) in [4.78, 5) is 37.9. The number of rotatable bonds is 3. The monoisotopic (exact) mass is 357 g/mol. The molecule has 0 aromatic carbocycles. The zero-order chi connectivity index (χ0) is 18.1. The first-order valence-corrected chi connectivity index (χ1v) is 8.90. The average Bonchev–Trinajstić information content (AvgIpc) is 3.30. The molecular formula is C17H23N7O2. The predicted molar refractivity (Wildman–Crippen MR) is 93.3 cm³/mol. The molecule has 1 N–H and O–H groups in total. The topological polar surface area (TPSA) is 90.4 Å². The Balaban J connectivity index is 1.42. The molecule has 0 aliphatic carbocycles. The lowest BCUT2D eigenvalue weighted by molar-refractivity contribution is -0.132. The number of likely N-dealkylation sites (N-methyl/N-ethyl adjacent to an activating group) is 1. The highest BCUT2D eigenvalue weighted by molar-refractivity contribution is 5.92. The summed E-state index contributed by atoms with van der Waals surface area (Å²) < 4.78 is 1.85. The van der Waals surface area contributed by atoms with E-state index in [0.717, 1.165) is 37.6 Å². The molecule has 138 valence electrons. The van der Waals surface area contributed by atoms with Crippen LogP contribution in [0.2, 0.25) is 0 Å². The number of piperazine rings is 1. The first-order chi connectivity index (χ1) is 12.6. The number of imidazole rings is 1. The number of hydrogen-bond acceptors (Lipinski definition) is 5. The van der Waals surface area contributed by atoms with Gasteiger partial charge in [0.2, 0.25) is 5.91 Å². The van der Waals surface area contributed by atoms with E-state index in [1.807, 2.05) is 20.5 Å². The third-order valence-corrected chi connectivity index (χ3v) is 5.06. The van der Waals surface area contributed by atoms with Crippen LogP contribution >= 0.6 is 0 Å². The van der Waals surface area contributed by atoms with Crippen LogP contribution in [0.5, 0.6) is 0 Å². The molecule has 0 spiro atoms. The number of nitrogens with one attached hydrogen (secondary N) is 1. The SMILES string of the molecule is CN1CCN(C(=O)c2cc3n(n2)CCN(C(=O)Cc2cnc[nH]2)C3)CC1. The molecule has 0 unspecified atom stereocenters. The molecule has 9 heteroatoms. The number of carbonyl (C=O) groups is 2. The number of carbonyl (C=O) groups excluding carboxylic acids is 2. The lowest BCUT2D eigenvalue weighted by Gasteiger charge is -2.31. The summed E-state index contributed by atoms with van der Waals surface area (Å²) in [5.74, 6) is 0.0315. The van der Waals surface area contributed by atoms with Crippen LogP contribution in [0.1, 0.15) is 21.9 Å². The summed E-state index contributed by atoms with van der Waals surface area (Å²) in [6, 6.07) is 1.83. The van der Waals surface area contributed by atoms with Crippen LogP contribution < -0.4 is 0 Å². The molecule has 0 atom stereocenters. The first kappa shape index (κ1) is 16.8. The van der Waals surface area contributed by atoms with E-state index < -0.39 is 0 Å². The van der Waals surface area contributed by atoms with Crippen molar-refractivity contribution in [3.8, 4) is 0 Å². The Morgan fingerprint density at radius 2 is 1.88 bits per heavy atom. The number of fused-ring (bicyclic) bond motifs is 1. The van der Waals surface area contributed by atoms with E-state index in [4.69, 9.17) is 0 Å². The van der Waals surface area contributed by atoms with Crippen molar-refractivity contribution in [2.45, 2.75) is 19.5 Å². The first-order valence-electron chi connectivity index (χ1n) is 8.90. The zero-order valence-electron chi connectivity index (χ0n) is 14.9. The molecule has 9 nitrogen and oxygen atoms in total. The van der Waals surface area contributed by atoms with Gasteiger partial charge in [-0.3, -0.25) is 14.3 Å². The smallest absolute Gasteiger partial charge is 0.274 e. The van der Waals surface area contributed by atoms with Gasteiger partial charge in [0.05, 0.1) is 31.5 Å². The zero-order valence-corrected chi connectivity index (χ0v) is 14.9. The van der Waals surface area contributed by atoms with Gasteiger partial charge in [0.25, 0.3) is 5.91 Å². The minimum atomic E-state index is -0.0182. The number of nitrogens with zero attached hydrogens (tertiary/aromatic N) is 6. The molecule has 0 bridgehead atoms. The molecular weight excluding hydrogens is 334 g/mol. The minimum absolute atomic E-state index is 0.0182. The molecule has 1 fully saturated rings. The average molecular weight is 357 g/mol. The number of aromatic amines is 1. The number of H-pyrrole nitrogens is 1. The van der Waals surface area contributed by atoms with Crippen LogP contribution in [0.25, 0.3) is 0 Å². The molecule has 2 aromatic heterocycles. The maximum atomic E-state index is 12.7. The summed E-state index contributed by atoms with van der Waals surface area (Å²) in [6.45, 7) is 4.92. The largest absolute Gasteiger partial charge is 0.348 e. The van der Waals surface area contributed by atoms with Crippen molar-refractivity contribution in [2.24, 2.45) is 0 Å². The predicted octanol–water partition coefficient (Wildman–Crippen LogP) is -0.421. The molecule has 4 rings (SSSR count). The van der Waals surface area contributed by atoms with Gasteiger partial charge in [0.15, 0.2) is 5.69 Å². The number of hydrogen-bond donors (Lipinski definition) is 1. The molecule has 2 aromatic rings. The third-order valence-electron chi connectivity index (χ3n) is 5.06. The number of aromatic nitrogens is 4. The van der Waals surface area contributed by atoms with Crippen molar-refractivity contribution in [1.82, 2.24) is 34.4 Å². The van der Waals surface area contributed by atoms with Crippen LogP contribution in [-0.4, -0.2) is 86.0 Å². The Kier molecular flexibility index (Phi) is 4.46. The maximum Gasteiger partial charge on any atom is 0.274 e. The summed E-state index contributed by atoms with van der Waals surface area (Å²) >= 11 is 0. The van der Waals surface area contributed by atoms with Crippen molar-refractivity contribution < 1.29 is 9.59 Å². The summed E-state index contributed by atoms with van der Waals surface area (Å²) in [5.41, 5.74) is 2.19. The molecule has 26 heavy (non-hydrogen) atoms. The van der Waals surface area contributed by atoms with E-state index in [9.17, 15) is 9.59 Å². The standard InChI is InChI=1S/C17H23N7O2/c1-21-2-4-22(5-3-21)17(26)15-9-14-11-23(6-7-24(14)20-15)16(25)8-13-10-18-12-19-13/h9-10,12H,2-8,11H2,1H3,(H,18,19). The van der Waals surface area contributed by atoms with Crippen LogP contribution in [-0.2, 0) is 24.3 Å². The summed E-state index contributed by atoms with van der Waals surface area (Å²) in [7, 11) is 2.06. The van der Waals surface area contributed by atoms with Crippen molar-refractivity contribution in [3.05, 3.63) is 35.7 Å². The molecule has 2 aliphatic rings. The Morgan fingerprint density at radius 3 is 2.62 bits per heavy atom. The van der Waals surface area contributed by atoms with Gasteiger partial charge in [-0.2, -0.15) is 5.10 Å². The van der Waals surface area contributed by atoms with Crippen molar-refractivity contribution in [1.29, 1.82) is 0 Å². The molecule has 4 heterocycles. The molecule has 2 amide bonds. The molecule has 0 saturated carbocycles. The summed E-state index contributed by atoms with van der Waals surface area (Å²) in [5, 5.41) is 4.47. The highest BCUT2D eigenvalue weighted by Gasteiger charge is 2.27. The van der Waals surface area contributed by atoms with E-state index in [1.165, 1.54) is 0 Å². The Labute approximate surface area is 151 Å². The fourth-order valence-electron chi connectivity index (χ4n) is 3.41. The third kappa shape index (κ3) is 3.34. The van der Waals surface area contributed by atoms with Gasteiger partial charge >= 0.3 is 0 Å². The van der Waals surface area contributed by atoms with Gasteiger partial charge in [-0.25, -0.2) is 4.98 Å². The van der Waals surface area contributed by atoms with Gasteiger partial charge in [0.1, 0.15) is 0 Å². The highest BCUT2D eigenvalue weighted by atomic mass is 16.2. The molecule has 0 radical (unpaired) electrons. The fourth-order valence-corrected chi connectivity index (χ4v) is 3.41. The van der Waals surface area contributed by atoms with E-state index in [1.54, 1.807) is 12.5 Å². The lowest BCUT2D eigenvalue weighted by Crippen LogP contribution is -2.47. The van der Waals surface area contributed by atoms with Gasteiger partial charge in [-0.05, 0) is 13.1 Å². The van der Waals surface area contributed by atoms with E-state index in [0.29, 0.717) is 31.7 Å². The van der Waals surface area contributed by atoms with Crippen molar-refractivity contribution in [2.75, 3.05) is 39.8 Å². The van der Waals surface area contributed by atoms with E-state index in [-0.39, 0.29) is 11.8 Å². The van der Waals surface area contributed by atoms with E-state index in [2.05, 4.69) is 27.0 Å².